The van der Waals surface area contributed by atoms with Gasteiger partial charge in [0.2, 0.25) is 0 Å². The van der Waals surface area contributed by atoms with Crippen LogP contribution in [0, 0.1) is 0 Å². The van der Waals surface area contributed by atoms with E-state index >= 15 is 0 Å². The van der Waals surface area contributed by atoms with E-state index in [2.05, 4.69) is 0 Å². The Morgan fingerprint density at radius 2 is 1.79 bits per heavy atom. The first-order valence-corrected chi connectivity index (χ1v) is 5.25. The molecule has 0 amide bonds. The molecule has 0 saturated carbocycles. The summed E-state index contributed by atoms with van der Waals surface area (Å²) < 4.78 is 5.48. The first kappa shape index (κ1) is 9.16. The summed E-state index contributed by atoms with van der Waals surface area (Å²) in [6.45, 7) is 0. The molecular weight excluding hydrogens is 192 g/mol. The first-order chi connectivity index (χ1) is 6.97. The van der Waals surface area contributed by atoms with E-state index in [9.17, 15) is 0 Å². The third kappa shape index (κ3) is 2.30. The molecule has 0 atom stereocenters. The molecule has 0 fully saturated rings. The van der Waals surface area contributed by atoms with Gasteiger partial charge in [0.1, 0.15) is 5.75 Å². The van der Waals surface area contributed by atoms with Crippen LogP contribution in [0.3, 0.4) is 0 Å². The van der Waals surface area contributed by atoms with Crippen molar-refractivity contribution in [3.05, 3.63) is 60.2 Å². The monoisotopic (exact) mass is 202 g/mol. The van der Waals surface area contributed by atoms with Gasteiger partial charge in [-0.2, -0.15) is 0 Å². The average Bonchev–Trinajstić information content (AvgIpc) is 2.25. The van der Waals surface area contributed by atoms with Crippen molar-refractivity contribution in [3.63, 3.8) is 0 Å². The lowest BCUT2D eigenvalue weighted by Gasteiger charge is -2.05. The molecule has 14 heavy (non-hydrogen) atoms. The second-order valence-corrected chi connectivity index (χ2v) is 3.67. The van der Waals surface area contributed by atoms with Crippen LogP contribution in [0.5, 0.6) is 5.75 Å². The largest absolute Gasteiger partial charge is 0.464 e. The van der Waals surface area contributed by atoms with Crippen molar-refractivity contribution in [1.29, 1.82) is 0 Å². The van der Waals surface area contributed by atoms with Crippen LogP contribution in [0.2, 0.25) is 0 Å². The number of allylic oxidation sites excluding steroid dienone is 4. The molecule has 1 nitrogen and oxygen atoms in total. The van der Waals surface area contributed by atoms with E-state index in [1.54, 1.807) is 18.0 Å². The van der Waals surface area contributed by atoms with Gasteiger partial charge in [-0.05, 0) is 23.6 Å². The molecule has 0 unspecified atom stereocenters. The normalized spacial score (nSPS) is 16.9. The van der Waals surface area contributed by atoms with Crippen molar-refractivity contribution in [2.24, 2.45) is 0 Å². The summed E-state index contributed by atoms with van der Waals surface area (Å²) in [7, 11) is 0. The molecule has 0 N–H and O–H groups in total. The van der Waals surface area contributed by atoms with Crippen molar-refractivity contribution in [2.45, 2.75) is 4.90 Å². The standard InChI is InChI=1S/C12H10OS/c1-2-6-10-14-12-8-4-3-7-11(12)13-9-5-1/h1-10H/b2-1?,9-5?,10-6+. The van der Waals surface area contributed by atoms with Gasteiger partial charge in [0.25, 0.3) is 0 Å². The van der Waals surface area contributed by atoms with E-state index in [1.807, 2.05) is 54.0 Å². The second-order valence-electron chi connectivity index (χ2n) is 2.72. The van der Waals surface area contributed by atoms with Gasteiger partial charge in [0.15, 0.2) is 0 Å². The summed E-state index contributed by atoms with van der Waals surface area (Å²) in [6, 6.07) is 7.99. The molecule has 70 valence electrons. The van der Waals surface area contributed by atoms with Crippen molar-refractivity contribution in [2.75, 3.05) is 0 Å². The molecule has 1 aliphatic heterocycles. The number of para-hydroxylation sites is 1. The molecule has 0 aliphatic carbocycles. The molecule has 2 rings (SSSR count). The third-order valence-electron chi connectivity index (χ3n) is 1.73. The lowest BCUT2D eigenvalue weighted by molar-refractivity contribution is 0.470. The highest BCUT2D eigenvalue weighted by Gasteiger charge is 1.99. The molecule has 0 saturated heterocycles. The minimum absolute atomic E-state index is 0.897. The summed E-state index contributed by atoms with van der Waals surface area (Å²) >= 11 is 1.65. The zero-order valence-electron chi connectivity index (χ0n) is 7.59. The summed E-state index contributed by atoms with van der Waals surface area (Å²) in [4.78, 5) is 1.13. The maximum absolute atomic E-state index is 5.48. The quantitative estimate of drug-likeness (QED) is 0.633. The minimum Gasteiger partial charge on any atom is -0.464 e. The van der Waals surface area contributed by atoms with Crippen molar-refractivity contribution >= 4 is 11.8 Å². The van der Waals surface area contributed by atoms with Crippen LogP contribution in [0.25, 0.3) is 0 Å². The summed E-state index contributed by atoms with van der Waals surface area (Å²) in [5.41, 5.74) is 0. The van der Waals surface area contributed by atoms with Crippen LogP contribution in [0.1, 0.15) is 0 Å². The maximum atomic E-state index is 5.48. The van der Waals surface area contributed by atoms with Gasteiger partial charge >= 0.3 is 0 Å². The summed E-state index contributed by atoms with van der Waals surface area (Å²) in [5.74, 6) is 0.897. The van der Waals surface area contributed by atoms with Crippen molar-refractivity contribution in [3.8, 4) is 5.75 Å². The van der Waals surface area contributed by atoms with E-state index in [0.717, 1.165) is 10.6 Å². The fourth-order valence-corrected chi connectivity index (χ4v) is 1.79. The molecule has 0 radical (unpaired) electrons. The Labute approximate surface area is 87.8 Å². The fourth-order valence-electron chi connectivity index (χ4n) is 1.09. The number of hydrogen-bond acceptors (Lipinski definition) is 2. The molecule has 0 aromatic heterocycles. The number of ether oxygens (including phenoxy) is 1. The minimum atomic E-state index is 0.897. The van der Waals surface area contributed by atoms with E-state index < -0.39 is 0 Å². The molecule has 0 bridgehead atoms. The Morgan fingerprint density at radius 1 is 0.929 bits per heavy atom. The lowest BCUT2D eigenvalue weighted by atomic mass is 10.3. The Balaban J connectivity index is 2.32. The molecule has 0 spiro atoms. The van der Waals surface area contributed by atoms with Gasteiger partial charge in [-0.25, -0.2) is 0 Å². The van der Waals surface area contributed by atoms with Crippen LogP contribution in [-0.4, -0.2) is 0 Å². The highest BCUT2D eigenvalue weighted by atomic mass is 32.2. The average molecular weight is 202 g/mol. The molecule has 1 aromatic rings. The summed E-state index contributed by atoms with van der Waals surface area (Å²) in [5, 5.41) is 2.04. The van der Waals surface area contributed by atoms with Crippen LogP contribution >= 0.6 is 11.8 Å². The van der Waals surface area contributed by atoms with Crippen LogP contribution < -0.4 is 4.74 Å². The molecular formula is C12H10OS. The van der Waals surface area contributed by atoms with Crippen molar-refractivity contribution in [1.82, 2.24) is 0 Å². The SMILES string of the molecule is C1=C/C=C/Sc2ccccc2OC=C1. The number of fused-ring (bicyclic) bond motifs is 1. The van der Waals surface area contributed by atoms with Crippen molar-refractivity contribution < 1.29 is 4.74 Å². The highest BCUT2D eigenvalue weighted by Crippen LogP contribution is 2.30. The lowest BCUT2D eigenvalue weighted by Crippen LogP contribution is -1.84. The Kier molecular flexibility index (Phi) is 3.09. The van der Waals surface area contributed by atoms with E-state index in [-0.39, 0.29) is 0 Å². The van der Waals surface area contributed by atoms with E-state index in [1.165, 1.54) is 0 Å². The topological polar surface area (TPSA) is 9.23 Å². The predicted molar refractivity (Wildman–Crippen MR) is 60.3 cm³/mol. The second kappa shape index (κ2) is 4.72. The number of benzene rings is 1. The maximum Gasteiger partial charge on any atom is 0.140 e. The summed E-state index contributed by atoms with van der Waals surface area (Å²) in [6.07, 6.45) is 9.48. The fraction of sp³-hybridized carbons (Fsp3) is 0. The smallest absolute Gasteiger partial charge is 0.140 e. The Bertz CT molecular complexity index is 354. The third-order valence-corrected chi connectivity index (χ3v) is 2.61. The molecule has 1 aromatic carbocycles. The number of thioether (sulfide) groups is 1. The number of hydrogen-bond donors (Lipinski definition) is 0. The van der Waals surface area contributed by atoms with E-state index in [4.69, 9.17) is 4.74 Å². The Hall–Kier alpha value is -1.41. The molecule has 2 heteroatoms. The molecule has 1 aliphatic rings. The zero-order valence-corrected chi connectivity index (χ0v) is 8.41. The highest BCUT2D eigenvalue weighted by molar-refractivity contribution is 8.02. The predicted octanol–water partition coefficient (Wildman–Crippen LogP) is 3.75. The van der Waals surface area contributed by atoms with Gasteiger partial charge < -0.3 is 4.74 Å². The van der Waals surface area contributed by atoms with Gasteiger partial charge in [0.05, 0.1) is 11.2 Å². The van der Waals surface area contributed by atoms with Gasteiger partial charge in [-0.15, -0.1) is 0 Å². The van der Waals surface area contributed by atoms with Gasteiger partial charge in [-0.3, -0.25) is 0 Å². The molecule has 1 heterocycles. The van der Waals surface area contributed by atoms with Crippen LogP contribution in [0.15, 0.2) is 65.1 Å². The zero-order chi connectivity index (χ0) is 9.64. The van der Waals surface area contributed by atoms with Crippen LogP contribution in [0.4, 0.5) is 0 Å². The first-order valence-electron chi connectivity index (χ1n) is 4.37. The van der Waals surface area contributed by atoms with E-state index in [0.29, 0.717) is 0 Å². The van der Waals surface area contributed by atoms with Gasteiger partial charge in [-0.1, -0.05) is 42.1 Å². The van der Waals surface area contributed by atoms with Gasteiger partial charge in [0, 0.05) is 0 Å². The van der Waals surface area contributed by atoms with Crippen LogP contribution in [-0.2, 0) is 0 Å². The Morgan fingerprint density at radius 3 is 2.79 bits per heavy atom. The number of rotatable bonds is 0.